The molecule has 0 aromatic carbocycles. The minimum absolute atomic E-state index is 0.0766. The summed E-state index contributed by atoms with van der Waals surface area (Å²) in [6.45, 7) is 6.86. The number of rotatable bonds is 4. The average molecular weight is 297 g/mol. The van der Waals surface area contributed by atoms with Gasteiger partial charge in [-0.05, 0) is 20.8 Å². The van der Waals surface area contributed by atoms with E-state index in [0.717, 1.165) is 15.6 Å². The lowest BCUT2D eigenvalue weighted by Crippen LogP contribution is -2.54. The van der Waals surface area contributed by atoms with E-state index in [-0.39, 0.29) is 24.4 Å². The second-order valence-electron chi connectivity index (χ2n) is 5.22. The first-order chi connectivity index (χ1) is 9.36. The second kappa shape index (κ2) is 5.78. The van der Waals surface area contributed by atoms with Crippen molar-refractivity contribution in [3.05, 3.63) is 15.6 Å². The van der Waals surface area contributed by atoms with Crippen LogP contribution in [-0.2, 0) is 4.79 Å². The van der Waals surface area contributed by atoms with E-state index in [1.165, 1.54) is 0 Å². The zero-order chi connectivity index (χ0) is 14.9. The van der Waals surface area contributed by atoms with Gasteiger partial charge in [-0.15, -0.1) is 11.3 Å². The second-order valence-corrected chi connectivity index (χ2v) is 6.46. The van der Waals surface area contributed by atoms with Gasteiger partial charge in [0.05, 0.1) is 23.2 Å². The summed E-state index contributed by atoms with van der Waals surface area (Å²) in [5, 5.41) is 12.6. The fourth-order valence-corrected chi connectivity index (χ4v) is 3.33. The summed E-state index contributed by atoms with van der Waals surface area (Å²) in [4.78, 5) is 29.6. The van der Waals surface area contributed by atoms with Crippen LogP contribution in [0.3, 0.4) is 0 Å². The molecule has 1 aliphatic rings. The third kappa shape index (κ3) is 3.27. The van der Waals surface area contributed by atoms with Gasteiger partial charge < -0.3 is 15.3 Å². The summed E-state index contributed by atoms with van der Waals surface area (Å²) >= 11 is 1.59. The summed E-state index contributed by atoms with van der Waals surface area (Å²) in [7, 11) is 0. The smallest absolute Gasteiger partial charge is 0.317 e. The largest absolute Gasteiger partial charge is 0.481 e. The van der Waals surface area contributed by atoms with Crippen LogP contribution in [0.1, 0.15) is 35.0 Å². The number of amides is 2. The molecule has 0 saturated carbocycles. The van der Waals surface area contributed by atoms with Crippen LogP contribution in [0.2, 0.25) is 0 Å². The predicted molar refractivity (Wildman–Crippen MR) is 75.9 cm³/mol. The van der Waals surface area contributed by atoms with Crippen LogP contribution in [0.15, 0.2) is 0 Å². The van der Waals surface area contributed by atoms with E-state index in [4.69, 9.17) is 5.11 Å². The summed E-state index contributed by atoms with van der Waals surface area (Å²) in [5.74, 6) is -0.722. The van der Waals surface area contributed by atoms with Crippen LogP contribution < -0.4 is 5.32 Å². The number of likely N-dealkylation sites (tertiary alicyclic amines) is 1. The van der Waals surface area contributed by atoms with Crippen LogP contribution in [0.4, 0.5) is 4.79 Å². The maximum atomic E-state index is 12.0. The molecule has 1 aromatic rings. The molecule has 1 fully saturated rings. The molecule has 6 nitrogen and oxygen atoms in total. The van der Waals surface area contributed by atoms with Crippen molar-refractivity contribution in [2.24, 2.45) is 5.92 Å². The zero-order valence-electron chi connectivity index (χ0n) is 11.8. The molecule has 0 bridgehead atoms. The topological polar surface area (TPSA) is 82.5 Å². The van der Waals surface area contributed by atoms with Gasteiger partial charge in [-0.3, -0.25) is 4.79 Å². The highest BCUT2D eigenvalue weighted by Crippen LogP contribution is 2.25. The van der Waals surface area contributed by atoms with Gasteiger partial charge in [-0.2, -0.15) is 0 Å². The SMILES string of the molecule is Cc1nc(C)c(C(C)NC(=O)N2CC(CC(=O)O)C2)s1. The minimum Gasteiger partial charge on any atom is -0.481 e. The number of aliphatic carboxylic acids is 1. The van der Waals surface area contributed by atoms with E-state index in [1.54, 1.807) is 16.2 Å². The number of carboxylic acids is 1. The van der Waals surface area contributed by atoms with Crippen molar-refractivity contribution in [3.8, 4) is 0 Å². The highest BCUT2D eigenvalue weighted by molar-refractivity contribution is 7.11. The highest BCUT2D eigenvalue weighted by Gasteiger charge is 2.32. The number of aryl methyl sites for hydroxylation is 2. The predicted octanol–water partition coefficient (Wildman–Crippen LogP) is 1.94. The molecule has 2 amide bonds. The molecule has 0 aliphatic carbocycles. The average Bonchev–Trinajstić information content (AvgIpc) is 2.62. The van der Waals surface area contributed by atoms with E-state index in [0.29, 0.717) is 13.1 Å². The molecule has 1 aromatic heterocycles. The lowest BCUT2D eigenvalue weighted by Gasteiger charge is -2.39. The molecule has 0 spiro atoms. The minimum atomic E-state index is -0.806. The standard InChI is InChI=1S/C13H19N3O3S/c1-7-12(20-9(3)14-7)8(2)15-13(19)16-5-10(6-16)4-11(17)18/h8,10H,4-6H2,1-3H3,(H,15,19)(H,17,18). The molecule has 0 radical (unpaired) electrons. The maximum Gasteiger partial charge on any atom is 0.317 e. The Morgan fingerprint density at radius 1 is 1.50 bits per heavy atom. The Morgan fingerprint density at radius 2 is 2.15 bits per heavy atom. The van der Waals surface area contributed by atoms with Gasteiger partial charge in [0.15, 0.2) is 0 Å². The molecule has 2 N–H and O–H groups in total. The molecular weight excluding hydrogens is 278 g/mol. The number of urea groups is 1. The van der Waals surface area contributed by atoms with Crippen molar-refractivity contribution in [1.82, 2.24) is 15.2 Å². The Bertz CT molecular complexity index is 523. The van der Waals surface area contributed by atoms with E-state index in [2.05, 4.69) is 10.3 Å². The number of hydrogen-bond acceptors (Lipinski definition) is 4. The van der Waals surface area contributed by atoms with Crippen molar-refractivity contribution in [2.75, 3.05) is 13.1 Å². The van der Waals surface area contributed by atoms with Crippen molar-refractivity contribution in [1.29, 1.82) is 0 Å². The molecule has 1 saturated heterocycles. The van der Waals surface area contributed by atoms with Gasteiger partial charge in [0.25, 0.3) is 0 Å². The maximum absolute atomic E-state index is 12.0. The number of hydrogen-bond donors (Lipinski definition) is 2. The Labute approximate surface area is 121 Å². The summed E-state index contributed by atoms with van der Waals surface area (Å²) < 4.78 is 0. The number of nitrogens with one attached hydrogen (secondary N) is 1. The normalized spacial score (nSPS) is 16.6. The van der Waals surface area contributed by atoms with Gasteiger partial charge in [0.2, 0.25) is 0 Å². The number of aromatic nitrogens is 1. The molecular formula is C13H19N3O3S. The van der Waals surface area contributed by atoms with E-state index < -0.39 is 5.97 Å². The van der Waals surface area contributed by atoms with Gasteiger partial charge >= 0.3 is 12.0 Å². The molecule has 2 heterocycles. The van der Waals surface area contributed by atoms with E-state index in [1.807, 2.05) is 20.8 Å². The monoisotopic (exact) mass is 297 g/mol. The van der Waals surface area contributed by atoms with Gasteiger partial charge in [0, 0.05) is 23.9 Å². The molecule has 1 aliphatic heterocycles. The van der Waals surface area contributed by atoms with Crippen molar-refractivity contribution < 1.29 is 14.7 Å². The van der Waals surface area contributed by atoms with Crippen molar-refractivity contribution in [2.45, 2.75) is 33.2 Å². The Morgan fingerprint density at radius 3 is 2.65 bits per heavy atom. The third-order valence-corrected chi connectivity index (χ3v) is 4.64. The molecule has 110 valence electrons. The molecule has 1 atom stereocenters. The quantitative estimate of drug-likeness (QED) is 0.889. The van der Waals surface area contributed by atoms with Gasteiger partial charge in [0.1, 0.15) is 0 Å². The highest BCUT2D eigenvalue weighted by atomic mass is 32.1. The molecule has 7 heteroatoms. The lowest BCUT2D eigenvalue weighted by atomic mass is 9.97. The Balaban J connectivity index is 1.84. The first-order valence-corrected chi connectivity index (χ1v) is 7.39. The fraction of sp³-hybridized carbons (Fsp3) is 0.615. The van der Waals surface area contributed by atoms with Crippen molar-refractivity contribution >= 4 is 23.3 Å². The van der Waals surface area contributed by atoms with Crippen LogP contribution in [0.5, 0.6) is 0 Å². The third-order valence-electron chi connectivity index (χ3n) is 3.38. The summed E-state index contributed by atoms with van der Waals surface area (Å²) in [5.41, 5.74) is 0.952. The molecule has 2 rings (SSSR count). The molecule has 1 unspecified atom stereocenters. The van der Waals surface area contributed by atoms with Crippen LogP contribution >= 0.6 is 11.3 Å². The first kappa shape index (κ1) is 14.8. The lowest BCUT2D eigenvalue weighted by molar-refractivity contribution is -0.139. The van der Waals surface area contributed by atoms with Crippen LogP contribution in [-0.4, -0.2) is 40.1 Å². The number of carbonyl (C=O) groups is 2. The Kier molecular flexibility index (Phi) is 4.27. The summed E-state index contributed by atoms with van der Waals surface area (Å²) in [6.07, 6.45) is 0.131. The van der Waals surface area contributed by atoms with Crippen LogP contribution in [0, 0.1) is 19.8 Å². The van der Waals surface area contributed by atoms with Crippen molar-refractivity contribution in [3.63, 3.8) is 0 Å². The van der Waals surface area contributed by atoms with E-state index in [9.17, 15) is 9.59 Å². The summed E-state index contributed by atoms with van der Waals surface area (Å²) in [6, 6.07) is -0.211. The first-order valence-electron chi connectivity index (χ1n) is 6.58. The number of thiazole rings is 1. The number of nitrogens with zero attached hydrogens (tertiary/aromatic N) is 2. The number of carboxylic acid groups (broad SMARTS) is 1. The number of carbonyl (C=O) groups excluding carboxylic acids is 1. The zero-order valence-corrected chi connectivity index (χ0v) is 12.7. The fourth-order valence-electron chi connectivity index (χ4n) is 2.40. The Hall–Kier alpha value is -1.63. The van der Waals surface area contributed by atoms with E-state index >= 15 is 0 Å². The van der Waals surface area contributed by atoms with Gasteiger partial charge in [-0.25, -0.2) is 9.78 Å². The van der Waals surface area contributed by atoms with Gasteiger partial charge in [-0.1, -0.05) is 0 Å². The molecule has 20 heavy (non-hydrogen) atoms. The van der Waals surface area contributed by atoms with Crippen LogP contribution in [0.25, 0.3) is 0 Å².